The molecule has 1 heterocycles. The number of morpholine rings is 1. The second kappa shape index (κ2) is 5.47. The maximum atomic E-state index is 13.6. The zero-order valence-electron chi connectivity index (χ0n) is 10.0. The molecule has 0 aliphatic carbocycles. The molecule has 0 bridgehead atoms. The molecule has 0 aromatic heterocycles. The van der Waals surface area contributed by atoms with E-state index in [2.05, 4.69) is 11.8 Å². The van der Waals surface area contributed by atoms with Gasteiger partial charge in [-0.2, -0.15) is 0 Å². The van der Waals surface area contributed by atoms with Crippen molar-refractivity contribution in [3.63, 3.8) is 0 Å². The van der Waals surface area contributed by atoms with Crippen molar-refractivity contribution in [3.05, 3.63) is 29.6 Å². The Bertz CT molecular complexity index is 384. The fraction of sp³-hybridized carbons (Fsp3) is 0.538. The van der Waals surface area contributed by atoms with E-state index in [1.165, 1.54) is 6.07 Å². The van der Waals surface area contributed by atoms with Crippen LogP contribution in [0.5, 0.6) is 0 Å². The Labute approximate surface area is 101 Å². The zero-order chi connectivity index (χ0) is 12.3. The topological polar surface area (TPSA) is 32.7 Å². The SMILES string of the molecule is CCC1COCCN1c1cccc(F)c1CO. The second-order valence-corrected chi connectivity index (χ2v) is 4.23. The summed E-state index contributed by atoms with van der Waals surface area (Å²) in [7, 11) is 0. The van der Waals surface area contributed by atoms with Crippen molar-refractivity contribution in [2.45, 2.75) is 26.0 Å². The number of halogens is 1. The number of benzene rings is 1. The minimum absolute atomic E-state index is 0.260. The maximum Gasteiger partial charge on any atom is 0.130 e. The van der Waals surface area contributed by atoms with Gasteiger partial charge in [-0.25, -0.2) is 4.39 Å². The summed E-state index contributed by atoms with van der Waals surface area (Å²) in [5, 5.41) is 9.29. The van der Waals surface area contributed by atoms with Crippen LogP contribution < -0.4 is 4.90 Å². The minimum Gasteiger partial charge on any atom is -0.391 e. The summed E-state index contributed by atoms with van der Waals surface area (Å²) in [6.07, 6.45) is 0.946. The largest absolute Gasteiger partial charge is 0.391 e. The molecule has 1 aliphatic rings. The van der Waals surface area contributed by atoms with Crippen LogP contribution in [0.15, 0.2) is 18.2 Å². The third kappa shape index (κ3) is 2.42. The van der Waals surface area contributed by atoms with Gasteiger partial charge < -0.3 is 14.7 Å². The Morgan fingerprint density at radius 2 is 2.35 bits per heavy atom. The van der Waals surface area contributed by atoms with Gasteiger partial charge in [0, 0.05) is 17.8 Å². The highest BCUT2D eigenvalue weighted by atomic mass is 19.1. The Hall–Kier alpha value is -1.13. The Morgan fingerprint density at radius 3 is 3.06 bits per heavy atom. The van der Waals surface area contributed by atoms with Crippen LogP contribution in [0.3, 0.4) is 0 Å². The van der Waals surface area contributed by atoms with Crippen molar-refractivity contribution in [1.82, 2.24) is 0 Å². The van der Waals surface area contributed by atoms with Gasteiger partial charge >= 0.3 is 0 Å². The standard InChI is InChI=1S/C13H18FNO2/c1-2-10-9-17-7-6-15(10)13-5-3-4-12(14)11(13)8-16/h3-5,10,16H,2,6-9H2,1H3. The molecule has 0 saturated carbocycles. The van der Waals surface area contributed by atoms with Crippen LogP contribution in [0.2, 0.25) is 0 Å². The molecule has 1 aromatic carbocycles. The molecule has 1 fully saturated rings. The fourth-order valence-electron chi connectivity index (χ4n) is 2.28. The highest BCUT2D eigenvalue weighted by Gasteiger charge is 2.24. The highest BCUT2D eigenvalue weighted by Crippen LogP contribution is 2.27. The molecule has 17 heavy (non-hydrogen) atoms. The van der Waals surface area contributed by atoms with Gasteiger partial charge in [0.1, 0.15) is 5.82 Å². The van der Waals surface area contributed by atoms with E-state index in [1.807, 2.05) is 6.07 Å². The number of hydrogen-bond donors (Lipinski definition) is 1. The summed E-state index contributed by atoms with van der Waals surface area (Å²) in [6, 6.07) is 5.20. The lowest BCUT2D eigenvalue weighted by atomic mass is 10.1. The average molecular weight is 239 g/mol. The van der Waals surface area contributed by atoms with Gasteiger partial charge in [-0.05, 0) is 18.6 Å². The number of nitrogens with zero attached hydrogens (tertiary/aromatic N) is 1. The first-order valence-corrected chi connectivity index (χ1v) is 6.00. The van der Waals surface area contributed by atoms with Crippen LogP contribution in [0.25, 0.3) is 0 Å². The highest BCUT2D eigenvalue weighted by molar-refractivity contribution is 5.55. The van der Waals surface area contributed by atoms with Gasteiger partial charge in [-0.1, -0.05) is 13.0 Å². The monoisotopic (exact) mass is 239 g/mol. The van der Waals surface area contributed by atoms with Gasteiger partial charge in [0.2, 0.25) is 0 Å². The quantitative estimate of drug-likeness (QED) is 0.875. The molecule has 1 unspecified atom stereocenters. The van der Waals surface area contributed by atoms with Crippen LogP contribution in [-0.4, -0.2) is 30.9 Å². The maximum absolute atomic E-state index is 13.6. The number of ether oxygens (including phenoxy) is 1. The van der Waals surface area contributed by atoms with E-state index in [9.17, 15) is 9.50 Å². The molecule has 94 valence electrons. The summed E-state index contributed by atoms with van der Waals surface area (Å²) < 4.78 is 19.0. The Kier molecular flexibility index (Phi) is 3.97. The summed E-state index contributed by atoms with van der Waals surface area (Å²) in [5.74, 6) is -0.341. The van der Waals surface area contributed by atoms with Crippen molar-refractivity contribution in [2.24, 2.45) is 0 Å². The molecule has 0 amide bonds. The van der Waals surface area contributed by atoms with Crippen molar-refractivity contribution in [2.75, 3.05) is 24.7 Å². The predicted molar refractivity (Wildman–Crippen MR) is 64.6 cm³/mol. The van der Waals surface area contributed by atoms with E-state index >= 15 is 0 Å². The lowest BCUT2D eigenvalue weighted by molar-refractivity contribution is 0.0927. The van der Waals surface area contributed by atoms with Gasteiger partial charge in [0.15, 0.2) is 0 Å². The summed E-state index contributed by atoms with van der Waals surface area (Å²) in [6.45, 7) is 3.88. The van der Waals surface area contributed by atoms with E-state index in [4.69, 9.17) is 4.74 Å². The molecule has 1 atom stereocenters. The van der Waals surface area contributed by atoms with E-state index in [0.29, 0.717) is 18.8 Å². The molecule has 0 radical (unpaired) electrons. The molecule has 1 N–H and O–H groups in total. The third-order valence-corrected chi connectivity index (χ3v) is 3.26. The smallest absolute Gasteiger partial charge is 0.130 e. The molecular weight excluding hydrogens is 221 g/mol. The Morgan fingerprint density at radius 1 is 1.53 bits per heavy atom. The summed E-state index contributed by atoms with van der Waals surface area (Å²) >= 11 is 0. The van der Waals surface area contributed by atoms with Gasteiger partial charge in [0.05, 0.1) is 25.9 Å². The fourth-order valence-corrected chi connectivity index (χ4v) is 2.28. The van der Waals surface area contributed by atoms with E-state index in [1.54, 1.807) is 6.07 Å². The van der Waals surface area contributed by atoms with Crippen molar-refractivity contribution >= 4 is 5.69 Å². The molecule has 4 heteroatoms. The predicted octanol–water partition coefficient (Wildman–Crippen LogP) is 1.93. The number of rotatable bonds is 3. The lowest BCUT2D eigenvalue weighted by Gasteiger charge is -2.38. The molecular formula is C13H18FNO2. The average Bonchev–Trinajstić information content (AvgIpc) is 2.38. The van der Waals surface area contributed by atoms with E-state index in [0.717, 1.165) is 18.7 Å². The van der Waals surface area contributed by atoms with Gasteiger partial charge in [-0.15, -0.1) is 0 Å². The molecule has 1 saturated heterocycles. The number of aliphatic hydroxyl groups is 1. The molecule has 1 aliphatic heterocycles. The first kappa shape index (κ1) is 12.3. The van der Waals surface area contributed by atoms with Crippen LogP contribution >= 0.6 is 0 Å². The van der Waals surface area contributed by atoms with Crippen molar-refractivity contribution < 1.29 is 14.2 Å². The number of hydrogen-bond acceptors (Lipinski definition) is 3. The molecule has 3 nitrogen and oxygen atoms in total. The van der Waals surface area contributed by atoms with Crippen molar-refractivity contribution in [3.8, 4) is 0 Å². The molecule has 2 rings (SSSR count). The van der Waals surface area contributed by atoms with Crippen molar-refractivity contribution in [1.29, 1.82) is 0 Å². The lowest BCUT2D eigenvalue weighted by Crippen LogP contribution is -2.45. The zero-order valence-corrected chi connectivity index (χ0v) is 10.0. The number of anilines is 1. The third-order valence-electron chi connectivity index (χ3n) is 3.26. The second-order valence-electron chi connectivity index (χ2n) is 4.23. The van der Waals surface area contributed by atoms with E-state index in [-0.39, 0.29) is 18.5 Å². The first-order chi connectivity index (χ1) is 8.27. The normalized spacial score (nSPS) is 20.6. The molecule has 0 spiro atoms. The van der Waals surface area contributed by atoms with Crippen LogP contribution in [0.1, 0.15) is 18.9 Å². The van der Waals surface area contributed by atoms with Crippen LogP contribution in [-0.2, 0) is 11.3 Å². The Balaban J connectivity index is 2.34. The summed E-state index contributed by atoms with van der Waals surface area (Å²) in [4.78, 5) is 2.14. The van der Waals surface area contributed by atoms with Crippen LogP contribution in [0.4, 0.5) is 10.1 Å². The summed E-state index contributed by atoms with van der Waals surface area (Å²) in [5.41, 5.74) is 1.18. The van der Waals surface area contributed by atoms with Gasteiger partial charge in [0.25, 0.3) is 0 Å². The number of aliphatic hydroxyl groups excluding tert-OH is 1. The first-order valence-electron chi connectivity index (χ1n) is 6.00. The van der Waals surface area contributed by atoms with Gasteiger partial charge in [-0.3, -0.25) is 0 Å². The molecule has 1 aromatic rings. The van der Waals surface area contributed by atoms with E-state index < -0.39 is 0 Å². The van der Waals surface area contributed by atoms with Crippen LogP contribution in [0, 0.1) is 5.82 Å². The minimum atomic E-state index is -0.341.